The molecule has 0 atom stereocenters. The van der Waals surface area contributed by atoms with E-state index in [-0.39, 0.29) is 11.6 Å². The fourth-order valence-corrected chi connectivity index (χ4v) is 1.64. The average molecular weight is 259 g/mol. The van der Waals surface area contributed by atoms with Gasteiger partial charge < -0.3 is 15.2 Å². The highest BCUT2D eigenvalue weighted by Crippen LogP contribution is 2.10. The van der Waals surface area contributed by atoms with Crippen LogP contribution in [0.25, 0.3) is 0 Å². The molecule has 0 spiro atoms. The lowest BCUT2D eigenvalue weighted by Gasteiger charge is -2.06. The zero-order valence-electron chi connectivity index (χ0n) is 10.8. The number of carbonyl (C=O) groups is 1. The molecule has 1 heterocycles. The number of anilines is 1. The first kappa shape index (κ1) is 13.3. The van der Waals surface area contributed by atoms with E-state index in [2.05, 4.69) is 27.2 Å². The van der Waals surface area contributed by atoms with Crippen molar-refractivity contribution >= 4 is 11.6 Å². The summed E-state index contributed by atoms with van der Waals surface area (Å²) in [4.78, 5) is 11.7. The highest BCUT2D eigenvalue weighted by Gasteiger charge is 2.08. The van der Waals surface area contributed by atoms with Gasteiger partial charge in [-0.2, -0.15) is 0 Å². The molecular formula is C14H17N3O2. The van der Waals surface area contributed by atoms with Gasteiger partial charge in [0, 0.05) is 18.3 Å². The molecule has 5 heteroatoms. The van der Waals surface area contributed by atoms with Crippen LogP contribution in [-0.2, 0) is 6.54 Å². The lowest BCUT2D eigenvalue weighted by Crippen LogP contribution is -2.14. The van der Waals surface area contributed by atoms with Crippen LogP contribution in [0.1, 0.15) is 29.4 Å². The molecule has 100 valence electrons. The van der Waals surface area contributed by atoms with E-state index in [1.165, 1.54) is 17.9 Å². The topological polar surface area (TPSA) is 67.2 Å². The number of nitrogens with zero attached hydrogens (tertiary/aromatic N) is 1. The van der Waals surface area contributed by atoms with E-state index in [9.17, 15) is 4.79 Å². The lowest BCUT2D eigenvalue weighted by atomic mass is 10.2. The molecule has 2 aromatic rings. The van der Waals surface area contributed by atoms with Gasteiger partial charge in [-0.05, 0) is 30.7 Å². The minimum atomic E-state index is -0.273. The summed E-state index contributed by atoms with van der Waals surface area (Å²) in [5.74, 6) is -0.273. The van der Waals surface area contributed by atoms with Crippen LogP contribution in [0.3, 0.4) is 0 Å². The van der Waals surface area contributed by atoms with Gasteiger partial charge in [0.1, 0.15) is 6.26 Å². The minimum Gasteiger partial charge on any atom is -0.364 e. The Labute approximate surface area is 112 Å². The van der Waals surface area contributed by atoms with E-state index in [1.54, 1.807) is 0 Å². The second kappa shape index (κ2) is 6.70. The number of benzene rings is 1. The van der Waals surface area contributed by atoms with Gasteiger partial charge in [0.05, 0.1) is 0 Å². The van der Waals surface area contributed by atoms with Crippen LogP contribution in [0, 0.1) is 0 Å². The van der Waals surface area contributed by atoms with Gasteiger partial charge >= 0.3 is 0 Å². The van der Waals surface area contributed by atoms with E-state index >= 15 is 0 Å². The first-order chi connectivity index (χ1) is 9.29. The molecule has 1 aromatic heterocycles. The van der Waals surface area contributed by atoms with Gasteiger partial charge in [0.15, 0.2) is 5.69 Å². The summed E-state index contributed by atoms with van der Waals surface area (Å²) in [7, 11) is 0. The summed E-state index contributed by atoms with van der Waals surface area (Å²) in [5.41, 5.74) is 2.20. The number of nitrogens with one attached hydrogen (secondary N) is 2. The van der Waals surface area contributed by atoms with Crippen molar-refractivity contribution in [2.75, 3.05) is 11.9 Å². The molecule has 19 heavy (non-hydrogen) atoms. The third-order valence-electron chi connectivity index (χ3n) is 2.64. The molecule has 5 nitrogen and oxygen atoms in total. The summed E-state index contributed by atoms with van der Waals surface area (Å²) in [6, 6.07) is 9.25. The maximum atomic E-state index is 11.7. The Balaban J connectivity index is 1.90. The summed E-state index contributed by atoms with van der Waals surface area (Å²) < 4.78 is 4.63. The second-order valence-corrected chi connectivity index (χ2v) is 4.21. The van der Waals surface area contributed by atoms with Gasteiger partial charge in [-0.15, -0.1) is 0 Å². The van der Waals surface area contributed by atoms with Gasteiger partial charge in [-0.1, -0.05) is 24.2 Å². The Hall–Kier alpha value is -2.14. The standard InChI is InChI=1S/C14H17N3O2/c1-2-8-15-10-11-3-5-12(6-4-11)16-14(18)13-7-9-19-17-13/h3-7,9,15H,2,8,10H2,1H3,(H,16,18). The van der Waals surface area contributed by atoms with Gasteiger partial charge in [0.2, 0.25) is 0 Å². The molecule has 2 rings (SSSR count). The summed E-state index contributed by atoms with van der Waals surface area (Å²) >= 11 is 0. The molecular weight excluding hydrogens is 242 g/mol. The Morgan fingerprint density at radius 3 is 2.68 bits per heavy atom. The van der Waals surface area contributed by atoms with Crippen LogP contribution in [0.15, 0.2) is 41.1 Å². The van der Waals surface area contributed by atoms with Crippen LogP contribution < -0.4 is 10.6 Å². The zero-order chi connectivity index (χ0) is 13.5. The van der Waals surface area contributed by atoms with E-state index < -0.39 is 0 Å². The van der Waals surface area contributed by atoms with Gasteiger partial charge in [0.25, 0.3) is 5.91 Å². The van der Waals surface area contributed by atoms with Crippen LogP contribution in [0.2, 0.25) is 0 Å². The third kappa shape index (κ3) is 3.93. The van der Waals surface area contributed by atoms with Crippen LogP contribution in [0.4, 0.5) is 5.69 Å². The summed E-state index contributed by atoms with van der Waals surface area (Å²) in [5, 5.41) is 9.66. The zero-order valence-corrected chi connectivity index (χ0v) is 10.8. The van der Waals surface area contributed by atoms with E-state index in [4.69, 9.17) is 0 Å². The molecule has 0 fully saturated rings. The normalized spacial score (nSPS) is 10.4. The van der Waals surface area contributed by atoms with Crippen molar-refractivity contribution in [2.24, 2.45) is 0 Å². The van der Waals surface area contributed by atoms with Crippen LogP contribution in [-0.4, -0.2) is 17.6 Å². The van der Waals surface area contributed by atoms with Crippen molar-refractivity contribution in [2.45, 2.75) is 19.9 Å². The molecule has 0 unspecified atom stereocenters. The summed E-state index contributed by atoms with van der Waals surface area (Å²) in [6.07, 6.45) is 2.49. The monoisotopic (exact) mass is 259 g/mol. The Kier molecular flexibility index (Phi) is 4.69. The number of hydrogen-bond acceptors (Lipinski definition) is 4. The lowest BCUT2D eigenvalue weighted by molar-refractivity contribution is 0.101. The second-order valence-electron chi connectivity index (χ2n) is 4.21. The van der Waals surface area contributed by atoms with Crippen molar-refractivity contribution in [3.05, 3.63) is 47.9 Å². The predicted octanol–water partition coefficient (Wildman–Crippen LogP) is 2.43. The molecule has 0 saturated carbocycles. The number of aromatic nitrogens is 1. The van der Waals surface area contributed by atoms with E-state index in [0.29, 0.717) is 0 Å². The van der Waals surface area contributed by atoms with Crippen molar-refractivity contribution in [3.63, 3.8) is 0 Å². The number of amides is 1. The average Bonchev–Trinajstić information content (AvgIpc) is 2.95. The maximum absolute atomic E-state index is 11.7. The smallest absolute Gasteiger partial charge is 0.277 e. The molecule has 0 saturated heterocycles. The molecule has 0 aliphatic rings. The summed E-state index contributed by atoms with van der Waals surface area (Å²) in [6.45, 7) is 3.98. The Morgan fingerprint density at radius 2 is 2.05 bits per heavy atom. The first-order valence-electron chi connectivity index (χ1n) is 6.31. The third-order valence-corrected chi connectivity index (χ3v) is 2.64. The van der Waals surface area contributed by atoms with Crippen molar-refractivity contribution in [1.82, 2.24) is 10.5 Å². The van der Waals surface area contributed by atoms with Crippen LogP contribution >= 0.6 is 0 Å². The maximum Gasteiger partial charge on any atom is 0.277 e. The molecule has 2 N–H and O–H groups in total. The largest absolute Gasteiger partial charge is 0.364 e. The number of hydrogen-bond donors (Lipinski definition) is 2. The van der Waals surface area contributed by atoms with Crippen molar-refractivity contribution in [1.29, 1.82) is 0 Å². The molecule has 0 radical (unpaired) electrons. The Morgan fingerprint density at radius 1 is 1.26 bits per heavy atom. The molecule has 1 aromatic carbocycles. The molecule has 0 bridgehead atoms. The fourth-order valence-electron chi connectivity index (χ4n) is 1.64. The van der Waals surface area contributed by atoms with Gasteiger partial charge in [-0.3, -0.25) is 4.79 Å². The van der Waals surface area contributed by atoms with E-state index in [0.717, 1.165) is 25.2 Å². The quantitative estimate of drug-likeness (QED) is 0.782. The minimum absolute atomic E-state index is 0.272. The number of rotatable bonds is 6. The highest BCUT2D eigenvalue weighted by molar-refractivity contribution is 6.02. The van der Waals surface area contributed by atoms with Crippen molar-refractivity contribution < 1.29 is 9.32 Å². The van der Waals surface area contributed by atoms with Crippen LogP contribution in [0.5, 0.6) is 0 Å². The van der Waals surface area contributed by atoms with Crippen molar-refractivity contribution in [3.8, 4) is 0 Å². The predicted molar refractivity (Wildman–Crippen MR) is 72.9 cm³/mol. The molecule has 1 amide bonds. The molecule has 0 aliphatic heterocycles. The first-order valence-corrected chi connectivity index (χ1v) is 6.31. The number of carbonyl (C=O) groups excluding carboxylic acids is 1. The SMILES string of the molecule is CCCNCc1ccc(NC(=O)c2ccon2)cc1. The highest BCUT2D eigenvalue weighted by atomic mass is 16.5. The Bertz CT molecular complexity index is 506. The van der Waals surface area contributed by atoms with E-state index in [1.807, 2.05) is 24.3 Å². The fraction of sp³-hybridized carbons (Fsp3) is 0.286. The molecule has 0 aliphatic carbocycles. The van der Waals surface area contributed by atoms with Gasteiger partial charge in [-0.25, -0.2) is 0 Å².